The Bertz CT molecular complexity index is 1030. The van der Waals surface area contributed by atoms with E-state index in [0.29, 0.717) is 0 Å². The smallest absolute Gasteiger partial charge is 0.164 e. The maximum Gasteiger partial charge on any atom is 0.164 e. The normalized spacial score (nSPS) is 9.75. The van der Waals surface area contributed by atoms with Crippen LogP contribution in [0.15, 0.2) is 85.4 Å². The van der Waals surface area contributed by atoms with Crippen molar-refractivity contribution in [3.63, 3.8) is 0 Å². The minimum Gasteiger partial charge on any atom is -0.270 e. The minimum absolute atomic E-state index is 0. The van der Waals surface area contributed by atoms with Crippen LogP contribution in [0.5, 0.6) is 0 Å². The van der Waals surface area contributed by atoms with E-state index in [-0.39, 0.29) is 20.1 Å². The zero-order chi connectivity index (χ0) is 19.2. The van der Waals surface area contributed by atoms with Gasteiger partial charge in [-0.25, -0.2) is 11.5 Å². The van der Waals surface area contributed by atoms with E-state index in [9.17, 15) is 0 Å². The van der Waals surface area contributed by atoms with Gasteiger partial charge in [0.1, 0.15) is 12.4 Å². The molecule has 145 valence electrons. The van der Waals surface area contributed by atoms with Crippen LogP contribution in [0.25, 0.3) is 17.0 Å². The van der Waals surface area contributed by atoms with Crippen LogP contribution in [0.3, 0.4) is 0 Å². The van der Waals surface area contributed by atoms with Gasteiger partial charge in [0.05, 0.1) is 0 Å². The number of hydrogen-bond donors (Lipinski definition) is 0. The number of thiophene rings is 1. The summed E-state index contributed by atoms with van der Waals surface area (Å²) in [6, 6.07) is 15.9. The number of imidazole rings is 1. The van der Waals surface area contributed by atoms with E-state index in [1.54, 1.807) is 17.5 Å². The molecular formula is C23H22IrN3S-. The number of hydrogen-bond acceptors (Lipinski definition) is 2. The molecule has 0 aliphatic carbocycles. The monoisotopic (exact) mass is 565 g/mol. The summed E-state index contributed by atoms with van der Waals surface area (Å²) in [5, 5.41) is 2.03. The molecule has 5 heteroatoms. The van der Waals surface area contributed by atoms with E-state index >= 15 is 0 Å². The molecule has 0 spiro atoms. The van der Waals surface area contributed by atoms with E-state index in [0.717, 1.165) is 33.0 Å². The fourth-order valence-corrected chi connectivity index (χ4v) is 3.32. The molecule has 0 amide bonds. The maximum absolute atomic E-state index is 4.27. The van der Waals surface area contributed by atoms with Gasteiger partial charge in [0.2, 0.25) is 0 Å². The summed E-state index contributed by atoms with van der Waals surface area (Å²) in [6.07, 6.45) is 7.75. The summed E-state index contributed by atoms with van der Waals surface area (Å²) in [5.74, 6) is 0. The van der Waals surface area contributed by atoms with E-state index in [1.165, 1.54) is 0 Å². The fourth-order valence-electron chi connectivity index (χ4n) is 2.64. The molecule has 0 N–H and O–H groups in total. The van der Waals surface area contributed by atoms with Gasteiger partial charge in [0.15, 0.2) is 6.33 Å². The molecule has 0 fully saturated rings. The second-order valence-corrected chi connectivity index (χ2v) is 7.06. The van der Waals surface area contributed by atoms with Gasteiger partial charge in [0.25, 0.3) is 0 Å². The van der Waals surface area contributed by atoms with Gasteiger partial charge in [-0.05, 0) is 24.1 Å². The molecule has 0 atom stereocenters. The number of aryl methyl sites for hydroxylation is 1. The molecule has 0 aliphatic rings. The molecule has 0 saturated carbocycles. The topological polar surface area (TPSA) is 22.8 Å². The Balaban J connectivity index is 0.000000194. The van der Waals surface area contributed by atoms with Crippen LogP contribution in [-0.2, 0) is 27.2 Å². The van der Waals surface area contributed by atoms with Crippen molar-refractivity contribution in [3.05, 3.63) is 115 Å². The first-order valence-corrected chi connectivity index (χ1v) is 9.39. The number of pyridine rings is 1. The van der Waals surface area contributed by atoms with Crippen molar-refractivity contribution in [1.29, 1.82) is 0 Å². The maximum atomic E-state index is 4.27. The molecular weight excluding hydrogens is 543 g/mol. The zero-order valence-electron chi connectivity index (χ0n) is 15.7. The van der Waals surface area contributed by atoms with Gasteiger partial charge < -0.3 is 0 Å². The first kappa shape index (κ1) is 21.7. The second-order valence-electron chi connectivity index (χ2n) is 6.06. The van der Waals surface area contributed by atoms with Crippen LogP contribution < -0.4 is 0 Å². The Kier molecular flexibility index (Phi) is 7.82. The number of rotatable bonds is 3. The average Bonchev–Trinajstić information content (AvgIpc) is 3.31. The Morgan fingerprint density at radius 3 is 2.39 bits per heavy atom. The van der Waals surface area contributed by atoms with Gasteiger partial charge >= 0.3 is 0 Å². The van der Waals surface area contributed by atoms with E-state index in [1.807, 2.05) is 82.7 Å². The van der Waals surface area contributed by atoms with Gasteiger partial charge in [-0.15, -0.1) is 28.6 Å². The van der Waals surface area contributed by atoms with E-state index in [4.69, 9.17) is 0 Å². The predicted molar refractivity (Wildman–Crippen MR) is 115 cm³/mol. The van der Waals surface area contributed by atoms with Gasteiger partial charge in [0, 0.05) is 44.7 Å². The summed E-state index contributed by atoms with van der Waals surface area (Å²) < 4.78 is 3.98. The molecule has 28 heavy (non-hydrogen) atoms. The third-order valence-electron chi connectivity index (χ3n) is 4.10. The molecule has 3 aromatic heterocycles. The molecule has 1 aromatic carbocycles. The van der Waals surface area contributed by atoms with Gasteiger partial charge in [-0.3, -0.25) is 9.55 Å². The Morgan fingerprint density at radius 2 is 1.82 bits per heavy atom. The molecule has 4 aromatic rings. The zero-order valence-corrected chi connectivity index (χ0v) is 18.9. The minimum atomic E-state index is 0. The fraction of sp³-hybridized carbons (Fsp3) is 0.0435. The summed E-state index contributed by atoms with van der Waals surface area (Å²) in [5.41, 5.74) is 5.18. The molecule has 0 saturated heterocycles. The van der Waals surface area contributed by atoms with Crippen LogP contribution in [0.2, 0.25) is 0 Å². The molecule has 0 bridgehead atoms. The quantitative estimate of drug-likeness (QED) is 0.289. The molecule has 4 rings (SSSR count). The molecule has 3 nitrogen and oxygen atoms in total. The van der Waals surface area contributed by atoms with Gasteiger partial charge in [-0.1, -0.05) is 17.7 Å². The van der Waals surface area contributed by atoms with E-state index in [2.05, 4.69) is 31.5 Å². The largest absolute Gasteiger partial charge is 0.270 e. The number of aromatic nitrogens is 3. The van der Waals surface area contributed by atoms with Crippen molar-refractivity contribution in [2.75, 3.05) is 0 Å². The van der Waals surface area contributed by atoms with Crippen molar-refractivity contribution >= 4 is 17.0 Å². The summed E-state index contributed by atoms with van der Waals surface area (Å²) in [4.78, 5) is 5.33. The van der Waals surface area contributed by atoms with Crippen molar-refractivity contribution in [1.82, 2.24) is 14.1 Å². The third-order valence-corrected chi connectivity index (χ3v) is 4.87. The Labute approximate surface area is 184 Å². The average molecular weight is 565 g/mol. The predicted octanol–water partition coefficient (Wildman–Crippen LogP) is 5.80. The van der Waals surface area contributed by atoms with Crippen molar-refractivity contribution in [2.24, 2.45) is 7.05 Å². The van der Waals surface area contributed by atoms with Gasteiger partial charge in [-0.2, -0.15) is 29.9 Å². The van der Waals surface area contributed by atoms with Crippen molar-refractivity contribution in [3.8, 4) is 11.3 Å². The summed E-state index contributed by atoms with van der Waals surface area (Å²) in [6.45, 7) is 12.0. The number of benzene rings is 1. The summed E-state index contributed by atoms with van der Waals surface area (Å²) >= 11 is 1.64. The third kappa shape index (κ3) is 5.23. The first-order chi connectivity index (χ1) is 13.1. The molecule has 0 unspecified atom stereocenters. The van der Waals surface area contributed by atoms with Crippen LogP contribution in [-0.4, -0.2) is 14.1 Å². The Hall–Kier alpha value is -2.59. The summed E-state index contributed by atoms with van der Waals surface area (Å²) in [7, 11) is 1.99. The van der Waals surface area contributed by atoms with Crippen LogP contribution >= 0.6 is 11.3 Å². The Morgan fingerprint density at radius 1 is 1.07 bits per heavy atom. The number of nitrogens with zero attached hydrogens (tertiary/aromatic N) is 3. The van der Waals surface area contributed by atoms with Crippen LogP contribution in [0, 0.1) is 13.8 Å². The standard InChI is InChI=1S/C12H10N.C11H12N2S.Ir/c1-10-6-2-3-7-11(10)12-8-4-5-9-13-12;1-9(11-4-7-14-10(11)2)13-6-5-12(3)8-13;/h2-9H,1H2;4-8H,1-2H2,3H3;/q-1;;. The molecule has 1 radical (unpaired) electrons. The van der Waals surface area contributed by atoms with E-state index < -0.39 is 0 Å². The van der Waals surface area contributed by atoms with Crippen LogP contribution in [0.4, 0.5) is 0 Å². The molecule has 0 aliphatic heterocycles. The SMILES string of the molecule is C=C(c1ccsc1[CH2-])n1ccn(C)[cH+]1.[CH2-]c1ccccc1-c1ccccn1.[Ir]. The molecule has 3 heterocycles. The van der Waals surface area contributed by atoms with Crippen molar-refractivity contribution < 1.29 is 20.1 Å². The first-order valence-electron chi connectivity index (χ1n) is 8.51. The van der Waals surface area contributed by atoms with Crippen LogP contribution in [0.1, 0.15) is 16.0 Å². The second kappa shape index (κ2) is 10.1. The van der Waals surface area contributed by atoms with Crippen molar-refractivity contribution in [2.45, 2.75) is 0 Å².